The molecule has 0 aromatic heterocycles. The Morgan fingerprint density at radius 2 is 1.88 bits per heavy atom. The Bertz CT molecular complexity index is 386. The summed E-state index contributed by atoms with van der Waals surface area (Å²) in [4.78, 5) is 1.63. The summed E-state index contributed by atoms with van der Waals surface area (Å²) in [6, 6.07) is 1.60. The van der Waals surface area contributed by atoms with Crippen LogP contribution in [0.25, 0.3) is 0 Å². The Morgan fingerprint density at radius 3 is 2.53 bits per heavy atom. The molecule has 1 N–H and O–H groups in total. The first-order chi connectivity index (χ1) is 8.08. The molecule has 1 heterocycles. The molecule has 1 aromatic rings. The van der Waals surface area contributed by atoms with Gasteiger partial charge in [-0.05, 0) is 19.9 Å². The highest BCUT2D eigenvalue weighted by molar-refractivity contribution is 5.49. The number of hydrogen-bond acceptors (Lipinski definition) is 2. The molecule has 0 amide bonds. The molecule has 1 unspecified atom stereocenters. The van der Waals surface area contributed by atoms with E-state index in [1.165, 1.54) is 0 Å². The number of anilines is 1. The number of nitrogens with zero attached hydrogens (tertiary/aromatic N) is 1. The van der Waals surface area contributed by atoms with Gasteiger partial charge in [-0.25, -0.2) is 13.2 Å². The van der Waals surface area contributed by atoms with Crippen LogP contribution >= 0.6 is 0 Å². The Balaban J connectivity index is 2.32. The van der Waals surface area contributed by atoms with Crippen molar-refractivity contribution in [3.8, 4) is 0 Å². The van der Waals surface area contributed by atoms with E-state index in [0.717, 1.165) is 25.1 Å². The normalized spacial score (nSPS) is 21.4. The van der Waals surface area contributed by atoms with Crippen LogP contribution in [0, 0.1) is 17.5 Å². The molecule has 0 spiro atoms. The van der Waals surface area contributed by atoms with Gasteiger partial charge in [0.25, 0.3) is 0 Å². The second-order valence-corrected chi connectivity index (χ2v) is 4.37. The number of rotatable bonds is 1. The van der Waals surface area contributed by atoms with Gasteiger partial charge in [0, 0.05) is 31.3 Å². The number of halogens is 3. The van der Waals surface area contributed by atoms with Gasteiger partial charge in [-0.2, -0.15) is 0 Å². The highest BCUT2D eigenvalue weighted by Crippen LogP contribution is 2.25. The third kappa shape index (κ3) is 2.72. The van der Waals surface area contributed by atoms with Crippen molar-refractivity contribution in [2.75, 3.05) is 24.5 Å². The molecule has 1 aliphatic rings. The predicted molar refractivity (Wildman–Crippen MR) is 60.6 cm³/mol. The van der Waals surface area contributed by atoms with Crippen molar-refractivity contribution in [1.82, 2.24) is 5.32 Å². The highest BCUT2D eigenvalue weighted by Gasteiger charge is 2.21. The maximum atomic E-state index is 13.6. The van der Waals surface area contributed by atoms with E-state index in [0.29, 0.717) is 13.1 Å². The van der Waals surface area contributed by atoms with Gasteiger partial charge < -0.3 is 10.2 Å². The fourth-order valence-electron chi connectivity index (χ4n) is 2.14. The molecule has 94 valence electrons. The van der Waals surface area contributed by atoms with Gasteiger partial charge in [-0.15, -0.1) is 0 Å². The molecule has 5 heteroatoms. The second kappa shape index (κ2) is 4.96. The summed E-state index contributed by atoms with van der Waals surface area (Å²) < 4.78 is 40.0. The summed E-state index contributed by atoms with van der Waals surface area (Å²) in [5, 5.41) is 3.23. The molecule has 1 aliphatic heterocycles. The summed E-state index contributed by atoms with van der Waals surface area (Å²) in [6.07, 6.45) is 0.806. The molecule has 17 heavy (non-hydrogen) atoms. The van der Waals surface area contributed by atoms with Crippen LogP contribution in [0.15, 0.2) is 12.1 Å². The van der Waals surface area contributed by atoms with Crippen LogP contribution in [0.5, 0.6) is 0 Å². The zero-order valence-corrected chi connectivity index (χ0v) is 9.64. The fraction of sp³-hybridized carbons (Fsp3) is 0.500. The van der Waals surface area contributed by atoms with Crippen molar-refractivity contribution in [2.45, 2.75) is 19.4 Å². The maximum absolute atomic E-state index is 13.6. The zero-order chi connectivity index (χ0) is 12.4. The van der Waals surface area contributed by atoms with Crippen LogP contribution in [0.4, 0.5) is 18.9 Å². The Hall–Kier alpha value is -1.23. The van der Waals surface area contributed by atoms with Crippen LogP contribution in [0.2, 0.25) is 0 Å². The van der Waals surface area contributed by atoms with Crippen LogP contribution in [-0.4, -0.2) is 25.7 Å². The third-order valence-corrected chi connectivity index (χ3v) is 2.89. The quantitative estimate of drug-likeness (QED) is 0.815. The minimum absolute atomic E-state index is 0.123. The minimum Gasteiger partial charge on any atom is -0.365 e. The Morgan fingerprint density at radius 1 is 1.24 bits per heavy atom. The van der Waals surface area contributed by atoms with E-state index in [1.54, 1.807) is 4.90 Å². The smallest absolute Gasteiger partial charge is 0.152 e. The molecule has 0 saturated carbocycles. The SMILES string of the molecule is CC1CN(c2c(F)cc(F)cc2F)CCCN1. The van der Waals surface area contributed by atoms with E-state index in [-0.39, 0.29) is 11.7 Å². The third-order valence-electron chi connectivity index (χ3n) is 2.89. The van der Waals surface area contributed by atoms with Crippen molar-refractivity contribution >= 4 is 5.69 Å². The first-order valence-electron chi connectivity index (χ1n) is 5.71. The van der Waals surface area contributed by atoms with Gasteiger partial charge in [0.15, 0.2) is 11.6 Å². The van der Waals surface area contributed by atoms with Gasteiger partial charge in [0.05, 0.1) is 0 Å². The van der Waals surface area contributed by atoms with Gasteiger partial charge in [-0.1, -0.05) is 0 Å². The molecule has 0 bridgehead atoms. The van der Waals surface area contributed by atoms with Gasteiger partial charge in [0.2, 0.25) is 0 Å². The summed E-state index contributed by atoms with van der Waals surface area (Å²) in [5.74, 6) is -2.56. The Kier molecular flexibility index (Phi) is 3.57. The summed E-state index contributed by atoms with van der Waals surface area (Å²) >= 11 is 0. The fourth-order valence-corrected chi connectivity index (χ4v) is 2.14. The minimum atomic E-state index is -0.884. The molecule has 1 fully saturated rings. The number of hydrogen-bond donors (Lipinski definition) is 1. The van der Waals surface area contributed by atoms with Crippen LogP contribution < -0.4 is 10.2 Å². The largest absolute Gasteiger partial charge is 0.365 e. The van der Waals surface area contributed by atoms with E-state index < -0.39 is 17.5 Å². The molecule has 0 radical (unpaired) electrons. The average Bonchev–Trinajstić information content (AvgIpc) is 2.41. The average molecular weight is 244 g/mol. The number of benzene rings is 1. The maximum Gasteiger partial charge on any atom is 0.152 e. The molecule has 0 aliphatic carbocycles. The summed E-state index contributed by atoms with van der Waals surface area (Å²) in [5.41, 5.74) is -0.123. The lowest BCUT2D eigenvalue weighted by atomic mass is 10.2. The highest BCUT2D eigenvalue weighted by atomic mass is 19.1. The van der Waals surface area contributed by atoms with Crippen LogP contribution in [-0.2, 0) is 0 Å². The lowest BCUT2D eigenvalue weighted by molar-refractivity contribution is 0.531. The zero-order valence-electron chi connectivity index (χ0n) is 9.64. The number of nitrogens with one attached hydrogen (secondary N) is 1. The van der Waals surface area contributed by atoms with E-state index in [4.69, 9.17) is 0 Å². The van der Waals surface area contributed by atoms with Gasteiger partial charge in [-0.3, -0.25) is 0 Å². The summed E-state index contributed by atoms with van der Waals surface area (Å²) in [7, 11) is 0. The molecular formula is C12H15F3N2. The van der Waals surface area contributed by atoms with Crippen molar-refractivity contribution in [2.24, 2.45) is 0 Å². The molecule has 1 atom stereocenters. The lowest BCUT2D eigenvalue weighted by Crippen LogP contribution is -2.36. The Labute approximate surface area is 98.4 Å². The molecule has 2 nitrogen and oxygen atoms in total. The van der Waals surface area contributed by atoms with Crippen molar-refractivity contribution in [3.63, 3.8) is 0 Å². The molecule has 2 rings (SSSR count). The van der Waals surface area contributed by atoms with Crippen LogP contribution in [0.3, 0.4) is 0 Å². The van der Waals surface area contributed by atoms with E-state index >= 15 is 0 Å². The van der Waals surface area contributed by atoms with E-state index in [1.807, 2.05) is 6.92 Å². The molecular weight excluding hydrogens is 229 g/mol. The standard InChI is InChI=1S/C12H15F3N2/c1-8-7-17(4-2-3-16-8)12-10(14)5-9(13)6-11(12)15/h5-6,8,16H,2-4,7H2,1H3. The van der Waals surface area contributed by atoms with Crippen molar-refractivity contribution in [3.05, 3.63) is 29.6 Å². The first-order valence-corrected chi connectivity index (χ1v) is 5.71. The molecule has 1 aromatic carbocycles. The second-order valence-electron chi connectivity index (χ2n) is 4.37. The van der Waals surface area contributed by atoms with Crippen molar-refractivity contribution in [1.29, 1.82) is 0 Å². The lowest BCUT2D eigenvalue weighted by Gasteiger charge is -2.25. The van der Waals surface area contributed by atoms with Crippen molar-refractivity contribution < 1.29 is 13.2 Å². The topological polar surface area (TPSA) is 15.3 Å². The molecule has 1 saturated heterocycles. The first kappa shape index (κ1) is 12.2. The van der Waals surface area contributed by atoms with Crippen LogP contribution in [0.1, 0.15) is 13.3 Å². The predicted octanol–water partition coefficient (Wildman–Crippen LogP) is 2.29. The monoisotopic (exact) mass is 244 g/mol. The van der Waals surface area contributed by atoms with E-state index in [2.05, 4.69) is 5.32 Å². The summed E-state index contributed by atoms with van der Waals surface area (Å²) in [6.45, 7) is 3.86. The van der Waals surface area contributed by atoms with Gasteiger partial charge in [0.1, 0.15) is 11.5 Å². The van der Waals surface area contributed by atoms with E-state index in [9.17, 15) is 13.2 Å². The van der Waals surface area contributed by atoms with Gasteiger partial charge >= 0.3 is 0 Å².